The molecule has 0 aliphatic carbocycles. The Morgan fingerprint density at radius 3 is 2.39 bits per heavy atom. The van der Waals surface area contributed by atoms with Gasteiger partial charge >= 0.3 is 0 Å². The molecule has 2 heterocycles. The maximum Gasteiger partial charge on any atom is 0.197 e. The molecule has 1 fully saturated rings. The molecule has 2 aromatic carbocycles. The summed E-state index contributed by atoms with van der Waals surface area (Å²) in [4.78, 5) is 18.1. The minimum Gasteiger partial charge on any atom is -0.340 e. The first-order valence-electron chi connectivity index (χ1n) is 10.5. The molecule has 0 saturated carbocycles. The van der Waals surface area contributed by atoms with Gasteiger partial charge in [-0.3, -0.25) is 4.79 Å². The van der Waals surface area contributed by atoms with E-state index in [4.69, 9.17) is 0 Å². The van der Waals surface area contributed by atoms with Crippen molar-refractivity contribution in [1.82, 2.24) is 14.4 Å². The molecule has 28 heavy (non-hydrogen) atoms. The molecule has 0 atom stereocenters. The van der Waals surface area contributed by atoms with Crippen LogP contribution in [0.25, 0.3) is 21.8 Å². The molecule has 4 rings (SSSR count). The van der Waals surface area contributed by atoms with Gasteiger partial charge in [-0.2, -0.15) is 0 Å². The fraction of sp³-hybridized carbons (Fsp3) is 0.458. The smallest absolute Gasteiger partial charge is 0.197 e. The van der Waals surface area contributed by atoms with Crippen LogP contribution in [0.3, 0.4) is 0 Å². The Bertz CT molecular complexity index is 1050. The molecule has 0 unspecified atom stereocenters. The van der Waals surface area contributed by atoms with Gasteiger partial charge in [-0.15, -0.1) is 0 Å². The number of hydrogen-bond donors (Lipinski definition) is 0. The molecule has 0 amide bonds. The van der Waals surface area contributed by atoms with Crippen molar-refractivity contribution in [2.45, 2.75) is 33.2 Å². The van der Waals surface area contributed by atoms with E-state index in [1.807, 2.05) is 18.2 Å². The number of fused-ring (bicyclic) bond motifs is 2. The number of para-hydroxylation sites is 1. The summed E-state index contributed by atoms with van der Waals surface area (Å²) >= 11 is 0. The normalized spacial score (nSPS) is 16.2. The summed E-state index contributed by atoms with van der Waals surface area (Å²) < 4.78 is 2.37. The Morgan fingerprint density at radius 2 is 1.61 bits per heavy atom. The third-order valence-corrected chi connectivity index (χ3v) is 6.12. The van der Waals surface area contributed by atoms with Crippen molar-refractivity contribution in [3.8, 4) is 0 Å². The Hall–Kier alpha value is -2.17. The van der Waals surface area contributed by atoms with Gasteiger partial charge in [0.15, 0.2) is 5.43 Å². The molecule has 0 radical (unpaired) electrons. The van der Waals surface area contributed by atoms with E-state index < -0.39 is 0 Å². The van der Waals surface area contributed by atoms with Crippen LogP contribution in [0.1, 0.15) is 24.0 Å². The lowest BCUT2D eigenvalue weighted by Crippen LogP contribution is -2.44. The van der Waals surface area contributed by atoms with Crippen molar-refractivity contribution in [2.75, 3.05) is 39.8 Å². The molecule has 1 aromatic heterocycles. The highest BCUT2D eigenvalue weighted by atomic mass is 16.1. The molecule has 3 aromatic rings. The largest absolute Gasteiger partial charge is 0.340 e. The van der Waals surface area contributed by atoms with E-state index >= 15 is 0 Å². The zero-order valence-electron chi connectivity index (χ0n) is 17.4. The number of rotatable bonds is 5. The van der Waals surface area contributed by atoms with Crippen LogP contribution in [0.5, 0.6) is 0 Å². The standard InChI is InChI=1S/C24H31N3O/c1-18-16-19(2)23-22(17-18)27(21-9-5-4-8-20(21)24(23)28)11-7-6-10-26-14-12-25(3)13-15-26/h4-5,8-9,16-17H,6-7,10-15H2,1-3H3. The fourth-order valence-corrected chi connectivity index (χ4v) is 4.54. The van der Waals surface area contributed by atoms with Crippen LogP contribution in [0, 0.1) is 13.8 Å². The van der Waals surface area contributed by atoms with Gasteiger partial charge in [0.25, 0.3) is 0 Å². The Morgan fingerprint density at radius 1 is 0.893 bits per heavy atom. The topological polar surface area (TPSA) is 28.5 Å². The minimum atomic E-state index is 0.164. The SMILES string of the molecule is Cc1cc(C)c2c(=O)c3ccccc3n(CCCCN3CCN(C)CC3)c2c1. The van der Waals surface area contributed by atoms with Crippen molar-refractivity contribution >= 4 is 21.8 Å². The zero-order chi connectivity index (χ0) is 19.7. The van der Waals surface area contributed by atoms with E-state index in [1.165, 1.54) is 44.7 Å². The van der Waals surface area contributed by atoms with Gasteiger partial charge in [0.1, 0.15) is 0 Å². The van der Waals surface area contributed by atoms with Crippen molar-refractivity contribution in [2.24, 2.45) is 0 Å². The number of hydrogen-bond acceptors (Lipinski definition) is 3. The van der Waals surface area contributed by atoms with E-state index in [0.29, 0.717) is 0 Å². The number of piperazine rings is 1. The summed E-state index contributed by atoms with van der Waals surface area (Å²) in [6, 6.07) is 12.4. The average molecular weight is 378 g/mol. The van der Waals surface area contributed by atoms with Gasteiger partial charge in [-0.25, -0.2) is 0 Å². The van der Waals surface area contributed by atoms with Crippen LogP contribution in [-0.4, -0.2) is 54.1 Å². The van der Waals surface area contributed by atoms with Gasteiger partial charge in [0.2, 0.25) is 0 Å². The third kappa shape index (κ3) is 3.71. The summed E-state index contributed by atoms with van der Waals surface area (Å²) in [6.07, 6.45) is 2.32. The first-order valence-corrected chi connectivity index (χ1v) is 10.5. The summed E-state index contributed by atoms with van der Waals surface area (Å²) in [5.74, 6) is 0. The second-order valence-electron chi connectivity index (χ2n) is 8.33. The average Bonchev–Trinajstić information content (AvgIpc) is 2.68. The van der Waals surface area contributed by atoms with E-state index in [1.54, 1.807) is 0 Å². The third-order valence-electron chi connectivity index (χ3n) is 6.12. The minimum absolute atomic E-state index is 0.164. The van der Waals surface area contributed by atoms with Crippen LogP contribution in [0.4, 0.5) is 0 Å². The maximum absolute atomic E-state index is 13.1. The molecule has 4 heteroatoms. The van der Waals surface area contributed by atoms with Crippen LogP contribution in [0.2, 0.25) is 0 Å². The van der Waals surface area contributed by atoms with E-state index in [-0.39, 0.29) is 5.43 Å². The van der Waals surface area contributed by atoms with Gasteiger partial charge < -0.3 is 14.4 Å². The van der Waals surface area contributed by atoms with Crippen molar-refractivity contribution in [1.29, 1.82) is 0 Å². The molecule has 0 spiro atoms. The first kappa shape index (κ1) is 19.2. The second-order valence-corrected chi connectivity index (χ2v) is 8.33. The highest BCUT2D eigenvalue weighted by Crippen LogP contribution is 2.23. The summed E-state index contributed by atoms with van der Waals surface area (Å²) in [5, 5.41) is 1.71. The fourth-order valence-electron chi connectivity index (χ4n) is 4.54. The predicted octanol–water partition coefficient (Wildman–Crippen LogP) is 3.80. The molecule has 1 aliphatic rings. The zero-order valence-corrected chi connectivity index (χ0v) is 17.4. The lowest BCUT2D eigenvalue weighted by Gasteiger charge is -2.32. The van der Waals surface area contributed by atoms with E-state index in [0.717, 1.165) is 40.3 Å². The Kier molecular flexibility index (Phi) is 5.51. The quantitative estimate of drug-likeness (QED) is 0.500. The number of benzene rings is 2. The molecule has 1 aliphatic heterocycles. The van der Waals surface area contributed by atoms with Crippen LogP contribution in [0.15, 0.2) is 41.2 Å². The van der Waals surface area contributed by atoms with Crippen molar-refractivity contribution in [3.05, 3.63) is 57.7 Å². The highest BCUT2D eigenvalue weighted by Gasteiger charge is 2.15. The molecule has 0 bridgehead atoms. The lowest BCUT2D eigenvalue weighted by atomic mass is 10.0. The number of likely N-dealkylation sites (N-methyl/N-ethyl adjacent to an activating group) is 1. The van der Waals surface area contributed by atoms with Crippen molar-refractivity contribution in [3.63, 3.8) is 0 Å². The number of aryl methyl sites for hydroxylation is 3. The second kappa shape index (κ2) is 8.06. The van der Waals surface area contributed by atoms with Gasteiger partial charge in [0, 0.05) is 43.5 Å². The molecule has 0 N–H and O–H groups in total. The monoisotopic (exact) mass is 377 g/mol. The number of nitrogens with zero attached hydrogens (tertiary/aromatic N) is 3. The van der Waals surface area contributed by atoms with E-state index in [9.17, 15) is 4.79 Å². The highest BCUT2D eigenvalue weighted by molar-refractivity contribution is 5.95. The van der Waals surface area contributed by atoms with Crippen LogP contribution < -0.4 is 5.43 Å². The number of unbranched alkanes of at least 4 members (excludes halogenated alkanes) is 1. The Balaban J connectivity index is 1.61. The van der Waals surface area contributed by atoms with Gasteiger partial charge in [0.05, 0.1) is 11.0 Å². The summed E-state index contributed by atoms with van der Waals surface area (Å²) in [7, 11) is 2.20. The van der Waals surface area contributed by atoms with Crippen LogP contribution in [-0.2, 0) is 6.54 Å². The molecular formula is C24H31N3O. The summed E-state index contributed by atoms with van der Waals surface area (Å²) in [5.41, 5.74) is 4.60. The van der Waals surface area contributed by atoms with Gasteiger partial charge in [-0.05, 0) is 69.6 Å². The molecule has 148 valence electrons. The lowest BCUT2D eigenvalue weighted by molar-refractivity contribution is 0.152. The van der Waals surface area contributed by atoms with Gasteiger partial charge in [-0.1, -0.05) is 18.2 Å². The summed E-state index contributed by atoms with van der Waals surface area (Å²) in [6.45, 7) is 11.0. The maximum atomic E-state index is 13.1. The Labute approximate surface area is 167 Å². The molecule has 1 saturated heterocycles. The molecular weight excluding hydrogens is 346 g/mol. The van der Waals surface area contributed by atoms with E-state index in [2.05, 4.69) is 53.5 Å². The van der Waals surface area contributed by atoms with Crippen molar-refractivity contribution < 1.29 is 0 Å². The molecule has 4 nitrogen and oxygen atoms in total. The predicted molar refractivity (Wildman–Crippen MR) is 118 cm³/mol. The number of pyridine rings is 1. The van der Waals surface area contributed by atoms with Crippen LogP contribution >= 0.6 is 0 Å². The number of aromatic nitrogens is 1. The first-order chi connectivity index (χ1) is 13.5.